The number of ether oxygens (including phenoxy) is 1. The molecule has 1 atom stereocenters. The minimum absolute atomic E-state index is 0.414. The fourth-order valence-electron chi connectivity index (χ4n) is 1.99. The number of hydrogen-bond donors (Lipinski definition) is 1. The molecule has 0 amide bonds. The van der Waals surface area contributed by atoms with E-state index in [9.17, 15) is 25.0 Å². The summed E-state index contributed by atoms with van der Waals surface area (Å²) in [7, 11) is 0. The topological polar surface area (TPSA) is 125 Å². The Morgan fingerprint density at radius 2 is 2.05 bits per heavy atom. The van der Waals surface area contributed by atoms with Crippen molar-refractivity contribution in [1.82, 2.24) is 5.32 Å². The maximum Gasteiger partial charge on any atom is 0.388 e. The number of benzene rings is 1. The van der Waals surface area contributed by atoms with E-state index in [1.54, 1.807) is 0 Å². The van der Waals surface area contributed by atoms with Gasteiger partial charge in [-0.15, -0.1) is 0 Å². The standard InChI is InChI=1S/C11H11N3O6/c15-11(7-3-2-6-12-7)20-9-5-1-4-8(13(16)17)10(9)14(18)19/h1,4-5,7,12H,2-3,6H2/t7-/m0/s1. The molecule has 1 aromatic rings. The van der Waals surface area contributed by atoms with Gasteiger partial charge in [0.1, 0.15) is 6.04 Å². The number of nitrogens with one attached hydrogen (secondary N) is 1. The number of carbonyl (C=O) groups excluding carboxylic acids is 1. The smallest absolute Gasteiger partial charge is 0.388 e. The van der Waals surface area contributed by atoms with Crippen molar-refractivity contribution in [2.75, 3.05) is 6.54 Å². The molecule has 1 aliphatic heterocycles. The van der Waals surface area contributed by atoms with E-state index in [2.05, 4.69) is 5.32 Å². The number of nitro benzene ring substituents is 2. The molecule has 0 spiro atoms. The van der Waals surface area contributed by atoms with Crippen LogP contribution in [0.2, 0.25) is 0 Å². The van der Waals surface area contributed by atoms with Crippen molar-refractivity contribution in [3.8, 4) is 5.75 Å². The average Bonchev–Trinajstić information content (AvgIpc) is 2.91. The van der Waals surface area contributed by atoms with Gasteiger partial charge in [-0.25, -0.2) is 4.79 Å². The third kappa shape index (κ3) is 2.72. The van der Waals surface area contributed by atoms with Crippen molar-refractivity contribution >= 4 is 17.3 Å². The van der Waals surface area contributed by atoms with Gasteiger partial charge in [0.05, 0.1) is 9.85 Å². The number of esters is 1. The lowest BCUT2D eigenvalue weighted by Gasteiger charge is -2.09. The van der Waals surface area contributed by atoms with Crippen LogP contribution in [0.25, 0.3) is 0 Å². The molecule has 0 unspecified atom stereocenters. The number of hydrogen-bond acceptors (Lipinski definition) is 7. The van der Waals surface area contributed by atoms with E-state index >= 15 is 0 Å². The lowest BCUT2D eigenvalue weighted by Crippen LogP contribution is -2.34. The first kappa shape index (κ1) is 13.9. The maximum absolute atomic E-state index is 11.8. The Balaban J connectivity index is 2.31. The van der Waals surface area contributed by atoms with Crippen molar-refractivity contribution in [3.05, 3.63) is 38.4 Å². The van der Waals surface area contributed by atoms with E-state index in [0.29, 0.717) is 13.0 Å². The Labute approximate surface area is 112 Å². The molecule has 0 bridgehead atoms. The van der Waals surface area contributed by atoms with Crippen molar-refractivity contribution in [1.29, 1.82) is 0 Å². The van der Waals surface area contributed by atoms with Crippen LogP contribution < -0.4 is 10.1 Å². The van der Waals surface area contributed by atoms with E-state index in [4.69, 9.17) is 4.74 Å². The van der Waals surface area contributed by atoms with Crippen LogP contribution >= 0.6 is 0 Å². The van der Waals surface area contributed by atoms with E-state index in [1.807, 2.05) is 0 Å². The molecule has 2 rings (SSSR count). The molecule has 20 heavy (non-hydrogen) atoms. The molecule has 1 aromatic carbocycles. The van der Waals surface area contributed by atoms with Crippen LogP contribution in [0, 0.1) is 20.2 Å². The van der Waals surface area contributed by atoms with Gasteiger partial charge in [0, 0.05) is 6.07 Å². The predicted octanol–water partition coefficient (Wildman–Crippen LogP) is 1.16. The molecule has 1 fully saturated rings. The first-order valence-electron chi connectivity index (χ1n) is 5.87. The van der Waals surface area contributed by atoms with E-state index < -0.39 is 39.0 Å². The minimum Gasteiger partial charge on any atom is -0.418 e. The zero-order valence-corrected chi connectivity index (χ0v) is 10.3. The summed E-state index contributed by atoms with van der Waals surface area (Å²) in [5, 5.41) is 24.6. The highest BCUT2D eigenvalue weighted by Crippen LogP contribution is 2.36. The summed E-state index contributed by atoms with van der Waals surface area (Å²) in [5.41, 5.74) is -1.52. The molecule has 9 nitrogen and oxygen atoms in total. The lowest BCUT2D eigenvalue weighted by atomic mass is 10.2. The highest BCUT2D eigenvalue weighted by Gasteiger charge is 2.32. The molecular weight excluding hydrogens is 270 g/mol. The molecule has 0 radical (unpaired) electrons. The van der Waals surface area contributed by atoms with Crippen LogP contribution in [0.15, 0.2) is 18.2 Å². The third-order valence-corrected chi connectivity index (χ3v) is 2.91. The average molecular weight is 281 g/mol. The number of nitro groups is 2. The minimum atomic E-state index is -0.928. The van der Waals surface area contributed by atoms with Gasteiger partial charge in [-0.1, -0.05) is 6.07 Å². The molecule has 1 heterocycles. The molecule has 1 saturated heterocycles. The van der Waals surface area contributed by atoms with Gasteiger partial charge in [-0.2, -0.15) is 0 Å². The van der Waals surface area contributed by atoms with Crippen LogP contribution in [-0.2, 0) is 4.79 Å². The Kier molecular flexibility index (Phi) is 3.89. The van der Waals surface area contributed by atoms with E-state index in [-0.39, 0.29) is 0 Å². The van der Waals surface area contributed by atoms with Gasteiger partial charge < -0.3 is 10.1 Å². The van der Waals surface area contributed by atoms with Gasteiger partial charge in [0.2, 0.25) is 5.75 Å². The van der Waals surface area contributed by atoms with Crippen LogP contribution in [0.1, 0.15) is 12.8 Å². The molecule has 0 aliphatic carbocycles. The number of nitrogens with zero attached hydrogens (tertiary/aromatic N) is 2. The molecule has 1 N–H and O–H groups in total. The quantitative estimate of drug-likeness (QED) is 0.380. The third-order valence-electron chi connectivity index (χ3n) is 2.91. The normalized spacial score (nSPS) is 17.7. The van der Waals surface area contributed by atoms with Gasteiger partial charge in [0.15, 0.2) is 0 Å². The highest BCUT2D eigenvalue weighted by atomic mass is 16.6. The van der Waals surface area contributed by atoms with E-state index in [0.717, 1.165) is 18.6 Å². The van der Waals surface area contributed by atoms with Gasteiger partial charge in [-0.05, 0) is 25.5 Å². The van der Waals surface area contributed by atoms with Crippen LogP contribution in [0.5, 0.6) is 5.75 Å². The van der Waals surface area contributed by atoms with E-state index in [1.165, 1.54) is 6.07 Å². The highest BCUT2D eigenvalue weighted by molar-refractivity contribution is 5.80. The summed E-state index contributed by atoms with van der Waals surface area (Å²) in [4.78, 5) is 31.7. The Morgan fingerprint density at radius 3 is 2.60 bits per heavy atom. The Bertz CT molecular complexity index is 567. The molecule has 0 saturated carbocycles. The fourth-order valence-corrected chi connectivity index (χ4v) is 1.99. The SMILES string of the molecule is O=C(Oc1cccc([N+](=O)[O-])c1[N+](=O)[O-])[C@@H]1CCCN1. The molecule has 1 aliphatic rings. The summed E-state index contributed by atoms with van der Waals surface area (Å²) in [6, 6.07) is 2.85. The van der Waals surface area contributed by atoms with Crippen molar-refractivity contribution in [2.45, 2.75) is 18.9 Å². The Morgan fingerprint density at radius 1 is 1.30 bits per heavy atom. The number of carbonyl (C=O) groups is 1. The second-order valence-corrected chi connectivity index (χ2v) is 4.21. The second kappa shape index (κ2) is 5.61. The number of para-hydroxylation sites is 1. The van der Waals surface area contributed by atoms with Crippen LogP contribution in [0.3, 0.4) is 0 Å². The second-order valence-electron chi connectivity index (χ2n) is 4.21. The van der Waals surface area contributed by atoms with Crippen molar-refractivity contribution in [2.24, 2.45) is 0 Å². The number of rotatable bonds is 4. The fraction of sp³-hybridized carbons (Fsp3) is 0.364. The largest absolute Gasteiger partial charge is 0.418 e. The predicted molar refractivity (Wildman–Crippen MR) is 66.4 cm³/mol. The summed E-state index contributed by atoms with van der Waals surface area (Å²) in [6.45, 7) is 0.663. The Hall–Kier alpha value is -2.55. The van der Waals surface area contributed by atoms with Crippen LogP contribution in [-0.4, -0.2) is 28.4 Å². The molecule has 106 valence electrons. The lowest BCUT2D eigenvalue weighted by molar-refractivity contribution is -0.423. The zero-order valence-electron chi connectivity index (χ0n) is 10.3. The maximum atomic E-state index is 11.8. The first-order chi connectivity index (χ1) is 9.50. The van der Waals surface area contributed by atoms with Crippen molar-refractivity contribution in [3.63, 3.8) is 0 Å². The van der Waals surface area contributed by atoms with Crippen LogP contribution in [0.4, 0.5) is 11.4 Å². The first-order valence-corrected chi connectivity index (χ1v) is 5.87. The summed E-state index contributed by atoms with van der Waals surface area (Å²) >= 11 is 0. The van der Waals surface area contributed by atoms with Crippen molar-refractivity contribution < 1.29 is 19.4 Å². The van der Waals surface area contributed by atoms with Gasteiger partial charge in [-0.3, -0.25) is 20.2 Å². The molecular formula is C11H11N3O6. The summed E-state index contributed by atoms with van der Waals surface area (Å²) in [5.74, 6) is -1.09. The molecule has 9 heteroatoms. The summed E-state index contributed by atoms with van der Waals surface area (Å²) < 4.78 is 4.93. The van der Waals surface area contributed by atoms with Gasteiger partial charge >= 0.3 is 17.3 Å². The molecule has 0 aromatic heterocycles. The zero-order chi connectivity index (χ0) is 14.7. The van der Waals surface area contributed by atoms with Gasteiger partial charge in [0.25, 0.3) is 0 Å². The summed E-state index contributed by atoms with van der Waals surface area (Å²) in [6.07, 6.45) is 1.37. The monoisotopic (exact) mass is 281 g/mol.